The van der Waals surface area contributed by atoms with Crippen LogP contribution in [0.5, 0.6) is 0 Å². The number of nitriles is 1. The van der Waals surface area contributed by atoms with Crippen LogP contribution in [0.4, 0.5) is 5.69 Å². The molecule has 0 atom stereocenters. The standard InChI is InChI=1S/C21H20N4S/c1-13-8-9-17(15(3)10-13)20-12-26-21(23-20)19(11-22)25-24-18-7-5-6-14(2)16(18)4/h5-10,12,24H,1-4H3/b25-19+. The van der Waals surface area contributed by atoms with Gasteiger partial charge in [-0.15, -0.1) is 11.3 Å². The Bertz CT molecular complexity index is 1020. The molecule has 1 N–H and O–H groups in total. The van der Waals surface area contributed by atoms with Gasteiger partial charge >= 0.3 is 0 Å². The molecule has 0 aliphatic carbocycles. The zero-order valence-corrected chi connectivity index (χ0v) is 16.1. The number of hydrazone groups is 1. The molecule has 0 saturated heterocycles. The van der Waals surface area contributed by atoms with Crippen LogP contribution in [0.2, 0.25) is 0 Å². The maximum absolute atomic E-state index is 9.50. The van der Waals surface area contributed by atoms with E-state index in [1.165, 1.54) is 28.0 Å². The minimum atomic E-state index is 0.284. The molecule has 0 radical (unpaired) electrons. The molecule has 26 heavy (non-hydrogen) atoms. The van der Waals surface area contributed by atoms with E-state index < -0.39 is 0 Å². The van der Waals surface area contributed by atoms with Gasteiger partial charge in [-0.1, -0.05) is 35.9 Å². The van der Waals surface area contributed by atoms with E-state index >= 15 is 0 Å². The summed E-state index contributed by atoms with van der Waals surface area (Å²) in [5.41, 5.74) is 10.8. The monoisotopic (exact) mass is 360 g/mol. The van der Waals surface area contributed by atoms with Crippen LogP contribution >= 0.6 is 11.3 Å². The van der Waals surface area contributed by atoms with Crippen molar-refractivity contribution in [3.05, 3.63) is 69.0 Å². The van der Waals surface area contributed by atoms with Gasteiger partial charge in [0.05, 0.1) is 11.4 Å². The van der Waals surface area contributed by atoms with Gasteiger partial charge in [0, 0.05) is 10.9 Å². The molecule has 5 heteroatoms. The van der Waals surface area contributed by atoms with Gasteiger partial charge in [0.25, 0.3) is 0 Å². The topological polar surface area (TPSA) is 61.1 Å². The van der Waals surface area contributed by atoms with Crippen LogP contribution in [-0.2, 0) is 0 Å². The number of aryl methyl sites for hydroxylation is 3. The highest BCUT2D eigenvalue weighted by molar-refractivity contribution is 7.12. The highest BCUT2D eigenvalue weighted by atomic mass is 32.1. The zero-order chi connectivity index (χ0) is 18.7. The number of nitrogens with one attached hydrogen (secondary N) is 1. The average Bonchev–Trinajstić information content (AvgIpc) is 3.08. The van der Waals surface area contributed by atoms with Crippen molar-refractivity contribution in [2.75, 3.05) is 5.43 Å². The summed E-state index contributed by atoms with van der Waals surface area (Å²) >= 11 is 1.43. The lowest BCUT2D eigenvalue weighted by molar-refractivity contribution is 1.26. The first-order chi connectivity index (χ1) is 12.5. The summed E-state index contributed by atoms with van der Waals surface area (Å²) < 4.78 is 0. The van der Waals surface area contributed by atoms with Gasteiger partial charge in [-0.3, -0.25) is 5.43 Å². The molecule has 0 aliphatic rings. The minimum Gasteiger partial charge on any atom is -0.277 e. The third-order valence-electron chi connectivity index (χ3n) is 4.36. The molecule has 0 unspecified atom stereocenters. The Morgan fingerprint density at radius 2 is 1.92 bits per heavy atom. The Kier molecular flexibility index (Phi) is 5.15. The summed E-state index contributed by atoms with van der Waals surface area (Å²) in [6, 6.07) is 14.4. The van der Waals surface area contributed by atoms with Gasteiger partial charge < -0.3 is 0 Å². The molecule has 1 aromatic heterocycles. The third-order valence-corrected chi connectivity index (χ3v) is 5.21. The number of thiazole rings is 1. The largest absolute Gasteiger partial charge is 0.277 e. The second-order valence-corrected chi connectivity index (χ2v) is 7.15. The summed E-state index contributed by atoms with van der Waals surface area (Å²) in [6.45, 7) is 8.22. The van der Waals surface area contributed by atoms with Crippen molar-refractivity contribution in [1.29, 1.82) is 5.26 Å². The van der Waals surface area contributed by atoms with Crippen LogP contribution in [0.15, 0.2) is 46.9 Å². The molecular weight excluding hydrogens is 340 g/mol. The van der Waals surface area contributed by atoms with Crippen LogP contribution in [-0.4, -0.2) is 10.7 Å². The van der Waals surface area contributed by atoms with Crippen molar-refractivity contribution in [2.24, 2.45) is 5.10 Å². The fourth-order valence-electron chi connectivity index (χ4n) is 2.72. The van der Waals surface area contributed by atoms with Crippen LogP contribution < -0.4 is 5.43 Å². The molecule has 0 saturated carbocycles. The predicted molar refractivity (Wildman–Crippen MR) is 109 cm³/mol. The molecule has 0 spiro atoms. The van der Waals surface area contributed by atoms with Crippen LogP contribution in [0.3, 0.4) is 0 Å². The molecule has 0 amide bonds. The molecule has 0 aliphatic heterocycles. The SMILES string of the molecule is Cc1ccc(-c2csc(/C(C#N)=N/Nc3cccc(C)c3C)n2)c(C)c1. The maximum Gasteiger partial charge on any atom is 0.196 e. The first-order valence-corrected chi connectivity index (χ1v) is 9.21. The molecule has 4 nitrogen and oxygen atoms in total. The van der Waals surface area contributed by atoms with Crippen molar-refractivity contribution in [1.82, 2.24) is 4.98 Å². The highest BCUT2D eigenvalue weighted by Crippen LogP contribution is 2.26. The molecular formula is C21H20N4S. The first-order valence-electron chi connectivity index (χ1n) is 8.33. The summed E-state index contributed by atoms with van der Waals surface area (Å²) in [5.74, 6) is 0. The van der Waals surface area contributed by atoms with Gasteiger partial charge in [0.1, 0.15) is 6.07 Å². The fourth-order valence-corrected chi connectivity index (χ4v) is 3.47. The normalized spacial score (nSPS) is 11.3. The Balaban J connectivity index is 1.89. The number of anilines is 1. The highest BCUT2D eigenvalue weighted by Gasteiger charge is 2.12. The lowest BCUT2D eigenvalue weighted by Gasteiger charge is -2.07. The smallest absolute Gasteiger partial charge is 0.196 e. The van der Waals surface area contributed by atoms with E-state index in [-0.39, 0.29) is 5.71 Å². The van der Waals surface area contributed by atoms with E-state index in [0.717, 1.165) is 22.5 Å². The molecule has 0 bridgehead atoms. The van der Waals surface area contributed by atoms with Crippen LogP contribution in [0.25, 0.3) is 11.3 Å². The molecule has 1 heterocycles. The van der Waals surface area contributed by atoms with Crippen molar-refractivity contribution in [2.45, 2.75) is 27.7 Å². The molecule has 3 rings (SSSR count). The van der Waals surface area contributed by atoms with E-state index in [4.69, 9.17) is 0 Å². The van der Waals surface area contributed by atoms with Crippen LogP contribution in [0, 0.1) is 39.0 Å². The van der Waals surface area contributed by atoms with E-state index in [2.05, 4.69) is 53.6 Å². The Morgan fingerprint density at radius 3 is 2.65 bits per heavy atom. The summed E-state index contributed by atoms with van der Waals surface area (Å²) in [7, 11) is 0. The van der Waals surface area contributed by atoms with Gasteiger partial charge in [-0.25, -0.2) is 4.98 Å². The predicted octanol–water partition coefficient (Wildman–Crippen LogP) is 5.38. The van der Waals surface area contributed by atoms with Crippen LogP contribution in [0.1, 0.15) is 27.3 Å². The maximum atomic E-state index is 9.50. The molecule has 0 fully saturated rings. The molecule has 3 aromatic rings. The fraction of sp³-hybridized carbons (Fsp3) is 0.190. The Morgan fingerprint density at radius 1 is 1.12 bits per heavy atom. The van der Waals surface area contributed by atoms with Crippen molar-refractivity contribution in [3.8, 4) is 17.3 Å². The second-order valence-electron chi connectivity index (χ2n) is 6.29. The third kappa shape index (κ3) is 3.66. The molecule has 2 aromatic carbocycles. The van der Waals surface area contributed by atoms with Crippen molar-refractivity contribution < 1.29 is 0 Å². The van der Waals surface area contributed by atoms with E-state index in [0.29, 0.717) is 5.01 Å². The summed E-state index contributed by atoms with van der Waals surface area (Å²) in [4.78, 5) is 4.62. The second kappa shape index (κ2) is 7.51. The van der Waals surface area contributed by atoms with Gasteiger partial charge in [-0.2, -0.15) is 10.4 Å². The Hall–Kier alpha value is -2.97. The Labute approximate surface area is 157 Å². The number of nitrogens with zero attached hydrogens (tertiary/aromatic N) is 3. The number of hydrogen-bond acceptors (Lipinski definition) is 5. The average molecular weight is 360 g/mol. The zero-order valence-electron chi connectivity index (χ0n) is 15.3. The number of benzene rings is 2. The summed E-state index contributed by atoms with van der Waals surface area (Å²) in [6.07, 6.45) is 0. The lowest BCUT2D eigenvalue weighted by Crippen LogP contribution is -2.02. The number of aromatic nitrogens is 1. The van der Waals surface area contributed by atoms with E-state index in [1.54, 1.807) is 0 Å². The van der Waals surface area contributed by atoms with E-state index in [9.17, 15) is 5.26 Å². The first kappa shape index (κ1) is 17.8. The molecule has 130 valence electrons. The van der Waals surface area contributed by atoms with Gasteiger partial charge in [0.2, 0.25) is 0 Å². The minimum absolute atomic E-state index is 0.284. The van der Waals surface area contributed by atoms with Crippen molar-refractivity contribution in [3.63, 3.8) is 0 Å². The lowest BCUT2D eigenvalue weighted by atomic mass is 10.0. The van der Waals surface area contributed by atoms with Crippen molar-refractivity contribution >= 4 is 22.7 Å². The quantitative estimate of drug-likeness (QED) is 0.502. The number of hydrogen-bond donors (Lipinski definition) is 1. The summed E-state index contributed by atoms with van der Waals surface area (Å²) in [5, 5.41) is 16.4. The van der Waals surface area contributed by atoms with E-state index in [1.807, 2.05) is 37.4 Å². The van der Waals surface area contributed by atoms with Gasteiger partial charge in [0.15, 0.2) is 10.7 Å². The number of rotatable bonds is 4. The van der Waals surface area contributed by atoms with Gasteiger partial charge in [-0.05, 0) is 50.5 Å².